The quantitative estimate of drug-likeness (QED) is 0.600. The van der Waals surface area contributed by atoms with Crippen LogP contribution < -0.4 is 0 Å². The SMILES string of the molecule is CC.CCC.CCCN(C)C. The third-order valence-electron chi connectivity index (χ3n) is 0.671. The fraction of sp³-hybridized carbons (Fsp3) is 1.00. The fourth-order valence-corrected chi connectivity index (χ4v) is 0.447. The Morgan fingerprint density at radius 1 is 0.909 bits per heavy atom. The Balaban J connectivity index is -0.000000109. The Bertz CT molecular complexity index is 33.9. The Morgan fingerprint density at radius 3 is 1.18 bits per heavy atom. The first-order chi connectivity index (χ1) is 5.18. The van der Waals surface area contributed by atoms with E-state index in [1.807, 2.05) is 13.8 Å². The van der Waals surface area contributed by atoms with Crippen molar-refractivity contribution < 1.29 is 0 Å². The summed E-state index contributed by atoms with van der Waals surface area (Å²) in [6, 6.07) is 0. The Labute approximate surface area is 73.8 Å². The van der Waals surface area contributed by atoms with Gasteiger partial charge in [0.25, 0.3) is 0 Å². The van der Waals surface area contributed by atoms with Crippen molar-refractivity contribution >= 4 is 0 Å². The Kier molecular flexibility index (Phi) is 35.1. The Morgan fingerprint density at radius 2 is 1.18 bits per heavy atom. The van der Waals surface area contributed by atoms with Crippen molar-refractivity contribution in [3.05, 3.63) is 0 Å². The van der Waals surface area contributed by atoms with Crippen LogP contribution in [0.3, 0.4) is 0 Å². The highest BCUT2D eigenvalue weighted by Gasteiger charge is 1.79. The van der Waals surface area contributed by atoms with Crippen LogP contribution >= 0.6 is 0 Å². The van der Waals surface area contributed by atoms with Crippen LogP contribution in [0.4, 0.5) is 0 Å². The van der Waals surface area contributed by atoms with Gasteiger partial charge < -0.3 is 4.90 Å². The molecule has 0 aromatic heterocycles. The molecule has 0 aliphatic carbocycles. The molecule has 0 saturated heterocycles. The summed E-state index contributed by atoms with van der Waals surface area (Å²) < 4.78 is 0. The zero-order valence-electron chi connectivity index (χ0n) is 9.57. The molecule has 11 heavy (non-hydrogen) atoms. The van der Waals surface area contributed by atoms with E-state index in [1.54, 1.807) is 0 Å². The third-order valence-corrected chi connectivity index (χ3v) is 0.671. The second-order valence-corrected chi connectivity index (χ2v) is 2.51. The number of hydrogen-bond donors (Lipinski definition) is 0. The second kappa shape index (κ2) is 22.5. The van der Waals surface area contributed by atoms with E-state index < -0.39 is 0 Å². The Hall–Kier alpha value is -0.0400. The van der Waals surface area contributed by atoms with Crippen molar-refractivity contribution in [2.75, 3.05) is 20.6 Å². The van der Waals surface area contributed by atoms with Crippen molar-refractivity contribution in [3.8, 4) is 0 Å². The summed E-state index contributed by atoms with van der Waals surface area (Å²) >= 11 is 0. The average Bonchev–Trinajstić information content (AvgIpc) is 1.93. The molecular formula is C10H27N. The van der Waals surface area contributed by atoms with Gasteiger partial charge >= 0.3 is 0 Å². The molecule has 0 atom stereocenters. The first-order valence-electron chi connectivity index (χ1n) is 4.83. The van der Waals surface area contributed by atoms with Crippen LogP contribution in [0.1, 0.15) is 47.5 Å². The van der Waals surface area contributed by atoms with E-state index in [4.69, 9.17) is 0 Å². The fourth-order valence-electron chi connectivity index (χ4n) is 0.447. The van der Waals surface area contributed by atoms with E-state index in [2.05, 4.69) is 39.8 Å². The van der Waals surface area contributed by atoms with E-state index in [0.29, 0.717) is 0 Å². The first kappa shape index (κ1) is 17.2. The zero-order valence-corrected chi connectivity index (χ0v) is 9.57. The van der Waals surface area contributed by atoms with Gasteiger partial charge in [0.2, 0.25) is 0 Å². The second-order valence-electron chi connectivity index (χ2n) is 2.51. The maximum absolute atomic E-state index is 2.18. The van der Waals surface area contributed by atoms with Crippen molar-refractivity contribution in [1.82, 2.24) is 4.90 Å². The lowest BCUT2D eigenvalue weighted by atomic mass is 10.5. The minimum absolute atomic E-state index is 1.21. The van der Waals surface area contributed by atoms with E-state index in [0.717, 1.165) is 0 Å². The predicted molar refractivity (Wildman–Crippen MR) is 56.2 cm³/mol. The van der Waals surface area contributed by atoms with Gasteiger partial charge in [-0.15, -0.1) is 0 Å². The molecule has 0 N–H and O–H groups in total. The summed E-state index contributed by atoms with van der Waals surface area (Å²) in [5.74, 6) is 0. The van der Waals surface area contributed by atoms with Crippen LogP contribution in [0.2, 0.25) is 0 Å². The van der Waals surface area contributed by atoms with E-state index in [9.17, 15) is 0 Å². The molecule has 0 rings (SSSR count). The zero-order chi connectivity index (χ0) is 9.70. The van der Waals surface area contributed by atoms with Gasteiger partial charge in [0.05, 0.1) is 0 Å². The molecule has 0 saturated carbocycles. The van der Waals surface area contributed by atoms with Gasteiger partial charge in [-0.1, -0.05) is 41.0 Å². The molecule has 0 aromatic carbocycles. The molecule has 1 nitrogen and oxygen atoms in total. The number of nitrogens with zero attached hydrogens (tertiary/aromatic N) is 1. The predicted octanol–water partition coefficient (Wildman–Crippen LogP) is 3.40. The van der Waals surface area contributed by atoms with E-state index in [1.165, 1.54) is 19.4 Å². The summed E-state index contributed by atoms with van der Waals surface area (Å²) in [6.07, 6.45) is 2.51. The lowest BCUT2D eigenvalue weighted by molar-refractivity contribution is 0.408. The molecule has 0 amide bonds. The summed E-state index contributed by atoms with van der Waals surface area (Å²) in [4.78, 5) is 2.18. The van der Waals surface area contributed by atoms with E-state index >= 15 is 0 Å². The monoisotopic (exact) mass is 161 g/mol. The summed E-state index contributed by atoms with van der Waals surface area (Å²) in [5.41, 5.74) is 0. The van der Waals surface area contributed by atoms with Crippen molar-refractivity contribution in [2.24, 2.45) is 0 Å². The third kappa shape index (κ3) is 72.0. The molecule has 0 aliphatic heterocycles. The van der Waals surface area contributed by atoms with E-state index in [-0.39, 0.29) is 0 Å². The minimum Gasteiger partial charge on any atom is -0.309 e. The van der Waals surface area contributed by atoms with Gasteiger partial charge in [0, 0.05) is 0 Å². The minimum atomic E-state index is 1.21. The molecule has 0 bridgehead atoms. The molecule has 1 heteroatoms. The summed E-state index contributed by atoms with van der Waals surface area (Å²) in [7, 11) is 4.17. The smallest absolute Gasteiger partial charge is 0.00275 e. The maximum atomic E-state index is 2.18. The van der Waals surface area contributed by atoms with Gasteiger partial charge in [0.15, 0.2) is 0 Å². The highest BCUT2D eigenvalue weighted by atomic mass is 15.0. The molecule has 0 unspecified atom stereocenters. The molecule has 0 aromatic rings. The topological polar surface area (TPSA) is 3.24 Å². The van der Waals surface area contributed by atoms with Gasteiger partial charge in [-0.3, -0.25) is 0 Å². The highest BCUT2D eigenvalue weighted by Crippen LogP contribution is 1.76. The van der Waals surface area contributed by atoms with Crippen LogP contribution in [0.5, 0.6) is 0 Å². The van der Waals surface area contributed by atoms with Gasteiger partial charge in [-0.05, 0) is 27.1 Å². The average molecular weight is 161 g/mol. The van der Waals surface area contributed by atoms with Crippen molar-refractivity contribution in [2.45, 2.75) is 47.5 Å². The lowest BCUT2D eigenvalue weighted by Crippen LogP contribution is -2.11. The van der Waals surface area contributed by atoms with Crippen LogP contribution in [-0.4, -0.2) is 25.5 Å². The summed E-state index contributed by atoms with van der Waals surface area (Å²) in [5, 5.41) is 0. The normalized spacial score (nSPS) is 7.64. The molecule has 0 heterocycles. The van der Waals surface area contributed by atoms with Crippen LogP contribution in [-0.2, 0) is 0 Å². The highest BCUT2D eigenvalue weighted by molar-refractivity contribution is 4.34. The van der Waals surface area contributed by atoms with Crippen molar-refractivity contribution in [3.63, 3.8) is 0 Å². The summed E-state index contributed by atoms with van der Waals surface area (Å²) in [6.45, 7) is 11.6. The van der Waals surface area contributed by atoms with Crippen LogP contribution in [0.25, 0.3) is 0 Å². The molecular weight excluding hydrogens is 134 g/mol. The van der Waals surface area contributed by atoms with Crippen LogP contribution in [0, 0.1) is 0 Å². The molecule has 0 aliphatic rings. The molecule has 0 fully saturated rings. The van der Waals surface area contributed by atoms with Gasteiger partial charge in [-0.25, -0.2) is 0 Å². The molecule has 72 valence electrons. The lowest BCUT2D eigenvalue weighted by Gasteiger charge is -2.03. The molecule has 0 radical (unpaired) electrons. The molecule has 0 spiro atoms. The maximum Gasteiger partial charge on any atom is -0.00275 e. The first-order valence-corrected chi connectivity index (χ1v) is 4.83. The van der Waals surface area contributed by atoms with Crippen LogP contribution in [0.15, 0.2) is 0 Å². The largest absolute Gasteiger partial charge is 0.309 e. The van der Waals surface area contributed by atoms with Gasteiger partial charge in [-0.2, -0.15) is 0 Å². The number of rotatable bonds is 2. The van der Waals surface area contributed by atoms with Crippen molar-refractivity contribution in [1.29, 1.82) is 0 Å². The standard InChI is InChI=1S/C5H13N.C3H8.C2H6/c1-4-5-6(2)3;1-3-2;1-2/h4-5H2,1-3H3;3H2,1-2H3;1-2H3. The number of hydrogen-bond acceptors (Lipinski definition) is 1. The van der Waals surface area contributed by atoms with Gasteiger partial charge in [0.1, 0.15) is 0 Å².